The molecular weight excluding hydrogens is 280 g/mol. The molecule has 0 spiro atoms. The molecule has 6 heteroatoms. The maximum atomic E-state index is 12.2. The summed E-state index contributed by atoms with van der Waals surface area (Å²) in [6, 6.07) is 4.69. The maximum absolute atomic E-state index is 12.2. The number of aryl methyl sites for hydroxylation is 2. The molecular formula is C16H18N4O2. The molecule has 1 aliphatic rings. The number of hydrogen-bond donors (Lipinski definition) is 1. The van der Waals surface area contributed by atoms with Gasteiger partial charge < -0.3 is 5.32 Å². The van der Waals surface area contributed by atoms with Crippen molar-refractivity contribution in [3.8, 4) is 0 Å². The van der Waals surface area contributed by atoms with E-state index in [0.717, 1.165) is 36.1 Å². The first-order valence-corrected chi connectivity index (χ1v) is 7.43. The van der Waals surface area contributed by atoms with Crippen molar-refractivity contribution in [2.45, 2.75) is 38.8 Å². The van der Waals surface area contributed by atoms with Crippen LogP contribution in [0.25, 0.3) is 0 Å². The van der Waals surface area contributed by atoms with E-state index in [2.05, 4.69) is 15.4 Å². The molecule has 0 fully saturated rings. The van der Waals surface area contributed by atoms with Crippen LogP contribution in [-0.4, -0.2) is 20.7 Å². The van der Waals surface area contributed by atoms with Crippen molar-refractivity contribution >= 4 is 5.91 Å². The quantitative estimate of drug-likeness (QED) is 0.913. The lowest BCUT2D eigenvalue weighted by molar-refractivity contribution is -0.124. The van der Waals surface area contributed by atoms with Gasteiger partial charge in [-0.3, -0.25) is 14.6 Å². The number of carbonyl (C=O) groups is 1. The molecule has 0 aliphatic heterocycles. The Morgan fingerprint density at radius 2 is 2.32 bits per heavy atom. The summed E-state index contributed by atoms with van der Waals surface area (Å²) in [5.41, 5.74) is 2.65. The standard InChI is InChI=1S/C16H18N4O2/c1-11(16(22)18-10-12-4-3-7-17-9-12)20-15(21)8-13-5-2-6-14(13)19-20/h3-4,7-9,11H,2,5-6,10H2,1H3,(H,18,22). The van der Waals surface area contributed by atoms with Gasteiger partial charge in [0.2, 0.25) is 5.91 Å². The summed E-state index contributed by atoms with van der Waals surface area (Å²) >= 11 is 0. The highest BCUT2D eigenvalue weighted by Crippen LogP contribution is 2.18. The van der Waals surface area contributed by atoms with Crippen molar-refractivity contribution in [1.82, 2.24) is 20.1 Å². The van der Waals surface area contributed by atoms with E-state index in [1.54, 1.807) is 25.4 Å². The molecule has 0 bridgehead atoms. The number of pyridine rings is 1. The highest BCUT2D eigenvalue weighted by molar-refractivity contribution is 5.79. The third kappa shape index (κ3) is 2.90. The molecule has 1 atom stereocenters. The molecule has 3 rings (SSSR count). The first kappa shape index (κ1) is 14.4. The Balaban J connectivity index is 1.72. The second kappa shape index (κ2) is 6.09. The van der Waals surface area contributed by atoms with Gasteiger partial charge in [0.25, 0.3) is 5.56 Å². The molecule has 2 aromatic heterocycles. The third-order valence-corrected chi connectivity index (χ3v) is 3.92. The fraction of sp³-hybridized carbons (Fsp3) is 0.375. The van der Waals surface area contributed by atoms with Crippen molar-refractivity contribution in [3.05, 3.63) is 57.8 Å². The summed E-state index contributed by atoms with van der Waals surface area (Å²) in [5, 5.41) is 7.17. The lowest BCUT2D eigenvalue weighted by Gasteiger charge is -2.15. The van der Waals surface area contributed by atoms with Gasteiger partial charge in [0, 0.05) is 25.0 Å². The van der Waals surface area contributed by atoms with E-state index < -0.39 is 6.04 Å². The molecule has 0 radical (unpaired) electrons. The Morgan fingerprint density at radius 3 is 3.09 bits per heavy atom. The number of hydrogen-bond acceptors (Lipinski definition) is 4. The van der Waals surface area contributed by atoms with Gasteiger partial charge >= 0.3 is 0 Å². The number of rotatable bonds is 4. The van der Waals surface area contributed by atoms with Crippen LogP contribution < -0.4 is 10.9 Å². The molecule has 1 aliphatic carbocycles. The first-order valence-electron chi connectivity index (χ1n) is 7.43. The SMILES string of the molecule is CC(C(=O)NCc1cccnc1)n1nc2c(cc1=O)CCC2. The van der Waals surface area contributed by atoms with E-state index in [-0.39, 0.29) is 11.5 Å². The van der Waals surface area contributed by atoms with Gasteiger partial charge in [-0.15, -0.1) is 0 Å². The second-order valence-corrected chi connectivity index (χ2v) is 5.51. The molecule has 114 valence electrons. The molecule has 0 aromatic carbocycles. The van der Waals surface area contributed by atoms with Crippen molar-refractivity contribution in [2.24, 2.45) is 0 Å². The number of nitrogens with zero attached hydrogens (tertiary/aromatic N) is 3. The second-order valence-electron chi connectivity index (χ2n) is 5.51. The topological polar surface area (TPSA) is 76.9 Å². The predicted molar refractivity (Wildman–Crippen MR) is 81.3 cm³/mol. The lowest BCUT2D eigenvalue weighted by Crippen LogP contribution is -2.37. The van der Waals surface area contributed by atoms with Crippen LogP contribution in [0.3, 0.4) is 0 Å². The van der Waals surface area contributed by atoms with Gasteiger partial charge in [-0.05, 0) is 43.4 Å². The number of fused-ring (bicyclic) bond motifs is 1. The van der Waals surface area contributed by atoms with Gasteiger partial charge in [-0.25, -0.2) is 4.68 Å². The Bertz CT molecular complexity index is 740. The van der Waals surface area contributed by atoms with Gasteiger partial charge in [-0.2, -0.15) is 5.10 Å². The summed E-state index contributed by atoms with van der Waals surface area (Å²) in [4.78, 5) is 28.3. The van der Waals surface area contributed by atoms with E-state index in [1.165, 1.54) is 4.68 Å². The van der Waals surface area contributed by atoms with Gasteiger partial charge in [0.15, 0.2) is 0 Å². The summed E-state index contributed by atoms with van der Waals surface area (Å²) in [6.45, 7) is 2.07. The summed E-state index contributed by atoms with van der Waals surface area (Å²) < 4.78 is 1.28. The summed E-state index contributed by atoms with van der Waals surface area (Å²) in [6.07, 6.45) is 6.18. The van der Waals surface area contributed by atoms with Crippen LogP contribution in [0.4, 0.5) is 0 Å². The number of amides is 1. The zero-order valence-corrected chi connectivity index (χ0v) is 12.5. The smallest absolute Gasteiger partial charge is 0.267 e. The van der Waals surface area contributed by atoms with Gasteiger partial charge in [0.05, 0.1) is 5.69 Å². The molecule has 1 N–H and O–H groups in total. The average molecular weight is 298 g/mol. The number of aromatic nitrogens is 3. The Morgan fingerprint density at radius 1 is 1.45 bits per heavy atom. The fourth-order valence-electron chi connectivity index (χ4n) is 2.64. The lowest BCUT2D eigenvalue weighted by atomic mass is 10.2. The van der Waals surface area contributed by atoms with Crippen molar-refractivity contribution in [2.75, 3.05) is 0 Å². The predicted octanol–water partition coefficient (Wildman–Crippen LogP) is 1.00. The van der Waals surface area contributed by atoms with Crippen LogP contribution in [-0.2, 0) is 24.2 Å². The van der Waals surface area contributed by atoms with Crippen LogP contribution in [0, 0.1) is 0 Å². The first-order chi connectivity index (χ1) is 10.6. The molecule has 0 saturated carbocycles. The van der Waals surface area contributed by atoms with Crippen molar-refractivity contribution < 1.29 is 4.79 Å². The Kier molecular flexibility index (Phi) is 4.00. The monoisotopic (exact) mass is 298 g/mol. The van der Waals surface area contributed by atoms with Crippen molar-refractivity contribution in [1.29, 1.82) is 0 Å². The zero-order valence-electron chi connectivity index (χ0n) is 12.5. The molecule has 2 heterocycles. The minimum atomic E-state index is -0.630. The highest BCUT2D eigenvalue weighted by atomic mass is 16.2. The van der Waals surface area contributed by atoms with Crippen molar-refractivity contribution in [3.63, 3.8) is 0 Å². The van der Waals surface area contributed by atoms with E-state index in [9.17, 15) is 9.59 Å². The van der Waals surface area contributed by atoms with E-state index in [0.29, 0.717) is 6.54 Å². The molecule has 6 nitrogen and oxygen atoms in total. The number of nitrogens with one attached hydrogen (secondary N) is 1. The number of carbonyl (C=O) groups excluding carboxylic acids is 1. The van der Waals surface area contributed by atoms with Gasteiger partial charge in [-0.1, -0.05) is 6.07 Å². The zero-order chi connectivity index (χ0) is 15.5. The van der Waals surface area contributed by atoms with E-state index in [4.69, 9.17) is 0 Å². The summed E-state index contributed by atoms with van der Waals surface area (Å²) in [7, 11) is 0. The van der Waals surface area contributed by atoms with Gasteiger partial charge in [0.1, 0.15) is 6.04 Å². The third-order valence-electron chi connectivity index (χ3n) is 3.92. The molecule has 0 saturated heterocycles. The minimum absolute atomic E-state index is 0.218. The molecule has 1 amide bonds. The highest BCUT2D eigenvalue weighted by Gasteiger charge is 2.21. The Labute approximate surface area is 128 Å². The normalized spacial score (nSPS) is 14.4. The summed E-state index contributed by atoms with van der Waals surface area (Å²) in [5.74, 6) is -0.226. The largest absolute Gasteiger partial charge is 0.350 e. The van der Waals surface area contributed by atoms with E-state index in [1.807, 2.05) is 12.1 Å². The average Bonchev–Trinajstić information content (AvgIpc) is 2.99. The van der Waals surface area contributed by atoms with Crippen LogP contribution in [0.15, 0.2) is 35.4 Å². The Hall–Kier alpha value is -2.50. The minimum Gasteiger partial charge on any atom is -0.350 e. The van der Waals surface area contributed by atoms with Crippen LogP contribution in [0.2, 0.25) is 0 Å². The van der Waals surface area contributed by atoms with E-state index >= 15 is 0 Å². The van der Waals surface area contributed by atoms with Crippen LogP contribution in [0.1, 0.15) is 36.2 Å². The maximum Gasteiger partial charge on any atom is 0.267 e. The van der Waals surface area contributed by atoms with Crippen LogP contribution >= 0.6 is 0 Å². The molecule has 2 aromatic rings. The molecule has 22 heavy (non-hydrogen) atoms. The fourth-order valence-corrected chi connectivity index (χ4v) is 2.64. The van der Waals surface area contributed by atoms with Crippen LogP contribution in [0.5, 0.6) is 0 Å². The molecule has 1 unspecified atom stereocenters.